The first-order chi connectivity index (χ1) is 17.2. The summed E-state index contributed by atoms with van der Waals surface area (Å²) in [6.45, 7) is -0.304. The average molecular weight is 570 g/mol. The van der Waals surface area contributed by atoms with Crippen LogP contribution < -0.4 is 19.5 Å². The molecule has 0 saturated carbocycles. The van der Waals surface area contributed by atoms with Gasteiger partial charge in [-0.15, -0.1) is 0 Å². The molecule has 0 saturated heterocycles. The second-order valence-corrected chi connectivity index (χ2v) is 9.47. The Bertz CT molecular complexity index is 1330. The third-order valence-corrected chi connectivity index (χ3v) is 6.81. The highest BCUT2D eigenvalue weighted by molar-refractivity contribution is 6.42. The third-order valence-electron chi connectivity index (χ3n) is 5.57. The first-order valence-electron chi connectivity index (χ1n) is 10.6. The number of carbonyl (C=O) groups excluding carboxylic acids is 2. The monoisotopic (exact) mass is 568 g/mol. The molecule has 0 fully saturated rings. The van der Waals surface area contributed by atoms with Crippen LogP contribution in [-0.2, 0) is 16.1 Å². The molecular formula is C25H20Cl4N2O5. The maximum atomic E-state index is 13.7. The van der Waals surface area contributed by atoms with Crippen molar-refractivity contribution in [3.63, 3.8) is 0 Å². The van der Waals surface area contributed by atoms with E-state index >= 15 is 0 Å². The maximum Gasteiger partial charge on any atom is 0.261 e. The topological polar surface area (TPSA) is 77.1 Å². The zero-order valence-corrected chi connectivity index (χ0v) is 22.1. The predicted molar refractivity (Wildman–Crippen MR) is 140 cm³/mol. The molecule has 7 nitrogen and oxygen atoms in total. The first-order valence-corrected chi connectivity index (χ1v) is 12.1. The lowest BCUT2D eigenvalue weighted by Gasteiger charge is -2.30. The van der Waals surface area contributed by atoms with E-state index in [1.54, 1.807) is 36.4 Å². The highest BCUT2D eigenvalue weighted by Gasteiger charge is 2.38. The van der Waals surface area contributed by atoms with E-state index in [0.717, 1.165) is 0 Å². The van der Waals surface area contributed by atoms with E-state index in [9.17, 15) is 9.59 Å². The van der Waals surface area contributed by atoms with Gasteiger partial charge in [0.25, 0.3) is 11.8 Å². The van der Waals surface area contributed by atoms with Gasteiger partial charge < -0.3 is 24.4 Å². The van der Waals surface area contributed by atoms with Crippen LogP contribution in [0.25, 0.3) is 0 Å². The number of anilines is 1. The summed E-state index contributed by atoms with van der Waals surface area (Å²) in [5, 5.41) is 3.87. The molecule has 0 aromatic heterocycles. The lowest BCUT2D eigenvalue weighted by molar-refractivity contribution is -0.140. The third kappa shape index (κ3) is 5.44. The van der Waals surface area contributed by atoms with E-state index in [4.69, 9.17) is 60.6 Å². The fourth-order valence-electron chi connectivity index (χ4n) is 3.88. The fraction of sp³-hybridized carbons (Fsp3) is 0.200. The van der Waals surface area contributed by atoms with Crippen LogP contribution in [0.3, 0.4) is 0 Å². The summed E-state index contributed by atoms with van der Waals surface area (Å²) in [5.74, 6) is 0.303. The van der Waals surface area contributed by atoms with E-state index in [2.05, 4.69) is 5.32 Å². The van der Waals surface area contributed by atoms with E-state index in [-0.39, 0.29) is 34.0 Å². The van der Waals surface area contributed by atoms with Crippen LogP contribution in [0.5, 0.6) is 17.2 Å². The second-order valence-electron chi connectivity index (χ2n) is 7.81. The van der Waals surface area contributed by atoms with Gasteiger partial charge in [-0.25, -0.2) is 0 Å². The molecule has 0 spiro atoms. The molecule has 1 aliphatic heterocycles. The van der Waals surface area contributed by atoms with Crippen molar-refractivity contribution < 1.29 is 23.8 Å². The van der Waals surface area contributed by atoms with Gasteiger partial charge in [0, 0.05) is 27.9 Å². The lowest BCUT2D eigenvalue weighted by Crippen LogP contribution is -2.41. The van der Waals surface area contributed by atoms with E-state index in [0.29, 0.717) is 33.3 Å². The van der Waals surface area contributed by atoms with Crippen molar-refractivity contribution in [2.24, 2.45) is 0 Å². The zero-order chi connectivity index (χ0) is 26.0. The van der Waals surface area contributed by atoms with Crippen LogP contribution in [0.4, 0.5) is 5.69 Å². The van der Waals surface area contributed by atoms with Crippen molar-refractivity contribution in [3.05, 3.63) is 79.7 Å². The highest BCUT2D eigenvalue weighted by atomic mass is 35.5. The van der Waals surface area contributed by atoms with Gasteiger partial charge in [0.15, 0.2) is 6.61 Å². The molecule has 36 heavy (non-hydrogen) atoms. The number of ether oxygens (including phenoxy) is 3. The van der Waals surface area contributed by atoms with Crippen molar-refractivity contribution in [3.8, 4) is 17.2 Å². The van der Waals surface area contributed by atoms with E-state index in [1.807, 2.05) is 0 Å². The Morgan fingerprint density at radius 2 is 1.78 bits per heavy atom. The highest BCUT2D eigenvalue weighted by Crippen LogP contribution is 2.42. The molecule has 0 bridgehead atoms. The minimum absolute atomic E-state index is 0.0262. The molecule has 1 unspecified atom stereocenters. The smallest absolute Gasteiger partial charge is 0.261 e. The number of nitrogens with zero attached hydrogens (tertiary/aromatic N) is 1. The molecule has 3 aromatic rings. The number of fused-ring (bicyclic) bond motifs is 1. The summed E-state index contributed by atoms with van der Waals surface area (Å²) < 4.78 is 16.5. The van der Waals surface area contributed by atoms with Crippen molar-refractivity contribution >= 4 is 63.9 Å². The molecule has 2 amide bonds. The summed E-state index contributed by atoms with van der Waals surface area (Å²) in [6, 6.07) is 11.8. The van der Waals surface area contributed by atoms with Crippen LogP contribution in [-0.4, -0.2) is 37.5 Å². The Hall–Kier alpha value is -2.84. The Morgan fingerprint density at radius 1 is 1.00 bits per heavy atom. The molecule has 1 atom stereocenters. The van der Waals surface area contributed by atoms with Crippen LogP contribution in [0.1, 0.15) is 17.2 Å². The molecule has 4 rings (SSSR count). The van der Waals surface area contributed by atoms with Crippen molar-refractivity contribution in [2.75, 3.05) is 26.1 Å². The van der Waals surface area contributed by atoms with Gasteiger partial charge in [0.1, 0.15) is 23.3 Å². The SMILES string of the molecule is COc1ccc(CN2C(=O)COc3c(Cl)cc(Cl)cc3C2C(=O)Nc2ccc(Cl)c(Cl)c2)c(OC)c1. The lowest BCUT2D eigenvalue weighted by atomic mass is 10.0. The van der Waals surface area contributed by atoms with Crippen LogP contribution in [0.15, 0.2) is 48.5 Å². The van der Waals surface area contributed by atoms with Crippen molar-refractivity contribution in [2.45, 2.75) is 12.6 Å². The number of carbonyl (C=O) groups is 2. The second kappa shape index (κ2) is 11.0. The van der Waals surface area contributed by atoms with Gasteiger partial charge in [-0.1, -0.05) is 46.4 Å². The zero-order valence-electron chi connectivity index (χ0n) is 19.1. The Balaban J connectivity index is 1.80. The van der Waals surface area contributed by atoms with Gasteiger partial charge in [0.05, 0.1) is 35.8 Å². The van der Waals surface area contributed by atoms with Crippen LogP contribution in [0, 0.1) is 0 Å². The number of hydrogen-bond acceptors (Lipinski definition) is 5. The minimum Gasteiger partial charge on any atom is -0.497 e. The largest absolute Gasteiger partial charge is 0.497 e. The minimum atomic E-state index is -1.15. The summed E-state index contributed by atoms with van der Waals surface area (Å²) in [6.07, 6.45) is 0. The molecule has 1 N–H and O–H groups in total. The quantitative estimate of drug-likeness (QED) is 0.371. The molecule has 3 aromatic carbocycles. The van der Waals surface area contributed by atoms with Gasteiger partial charge in [-0.2, -0.15) is 0 Å². The number of hydrogen-bond donors (Lipinski definition) is 1. The van der Waals surface area contributed by atoms with Gasteiger partial charge in [-0.3, -0.25) is 9.59 Å². The Morgan fingerprint density at radius 3 is 2.47 bits per heavy atom. The van der Waals surface area contributed by atoms with Crippen LogP contribution in [0.2, 0.25) is 20.1 Å². The molecule has 1 heterocycles. The molecule has 0 aliphatic carbocycles. The van der Waals surface area contributed by atoms with Gasteiger partial charge >= 0.3 is 0 Å². The molecule has 0 radical (unpaired) electrons. The van der Waals surface area contributed by atoms with Gasteiger partial charge in [0.2, 0.25) is 0 Å². The fourth-order valence-corrected chi connectivity index (χ4v) is 4.74. The first kappa shape index (κ1) is 26.2. The Kier molecular flexibility index (Phi) is 8.05. The van der Waals surface area contributed by atoms with E-state index < -0.39 is 17.9 Å². The van der Waals surface area contributed by atoms with Crippen LogP contribution >= 0.6 is 46.4 Å². The van der Waals surface area contributed by atoms with Crippen molar-refractivity contribution in [1.82, 2.24) is 4.90 Å². The predicted octanol–water partition coefficient (Wildman–Crippen LogP) is 6.42. The number of benzene rings is 3. The van der Waals surface area contributed by atoms with Gasteiger partial charge in [-0.05, 0) is 42.5 Å². The standard InChI is InChI=1S/C25H20Cl4N2O5/c1-34-16-5-3-13(21(10-16)35-2)11-31-22(32)12-36-24-17(7-14(26)8-20(24)29)23(31)25(33)30-15-4-6-18(27)19(28)9-15/h3-10,23H,11-12H2,1-2H3,(H,30,33). The molecule has 188 valence electrons. The van der Waals surface area contributed by atoms with E-state index in [1.165, 1.54) is 31.3 Å². The maximum absolute atomic E-state index is 13.7. The summed E-state index contributed by atoms with van der Waals surface area (Å²) in [4.78, 5) is 28.4. The number of amides is 2. The van der Waals surface area contributed by atoms with Crippen molar-refractivity contribution in [1.29, 1.82) is 0 Å². The number of halogens is 4. The molecule has 1 aliphatic rings. The Labute approximate surface area is 227 Å². The average Bonchev–Trinajstić information content (AvgIpc) is 2.98. The molecule has 11 heteroatoms. The molecular weight excluding hydrogens is 550 g/mol. The normalized spacial score (nSPS) is 15.0. The summed E-state index contributed by atoms with van der Waals surface area (Å²) in [5.41, 5.74) is 1.38. The summed E-state index contributed by atoms with van der Waals surface area (Å²) >= 11 is 24.8. The summed E-state index contributed by atoms with van der Waals surface area (Å²) in [7, 11) is 3.05. The number of rotatable bonds is 6. The number of nitrogens with one attached hydrogen (secondary N) is 1. The number of methoxy groups -OCH3 is 2.